The van der Waals surface area contributed by atoms with Gasteiger partial charge in [-0.25, -0.2) is 9.97 Å². The van der Waals surface area contributed by atoms with Gasteiger partial charge in [-0.05, 0) is 66.9 Å². The summed E-state index contributed by atoms with van der Waals surface area (Å²) < 4.78 is 6.79. The number of rotatable bonds is 6. The number of nitrogens with zero attached hydrogens (tertiary/aromatic N) is 3. The molecule has 0 saturated heterocycles. The van der Waals surface area contributed by atoms with Gasteiger partial charge in [0.05, 0.1) is 22.9 Å². The number of anilines is 2. The van der Waals surface area contributed by atoms with Gasteiger partial charge in [0.2, 0.25) is 0 Å². The van der Waals surface area contributed by atoms with Crippen molar-refractivity contribution in [2.45, 2.75) is 26.6 Å². The molecule has 4 aromatic rings. The second-order valence-electron chi connectivity index (χ2n) is 6.47. The minimum absolute atomic E-state index is 0.202. The molecule has 136 valence electrons. The molecule has 0 bridgehead atoms. The Bertz CT molecular complexity index is 1050. The summed E-state index contributed by atoms with van der Waals surface area (Å²) in [6.45, 7) is 4.63. The highest BCUT2D eigenvalue weighted by Gasteiger charge is 2.07. The summed E-state index contributed by atoms with van der Waals surface area (Å²) in [6, 6.07) is 14.3. The first kappa shape index (κ1) is 17.6. The standard InChI is InChI=1S/C21H20N4OS/c1-14(2)26-13-15-5-10-23-20(11-15)25-21-24-18-4-3-17(12-19(18)27-21)16-6-8-22-9-7-16/h3-12,14H,13H2,1-2H3,(H,23,24,25). The number of aromatic nitrogens is 3. The van der Waals surface area contributed by atoms with Gasteiger partial charge in [-0.3, -0.25) is 4.98 Å². The molecule has 1 aromatic carbocycles. The van der Waals surface area contributed by atoms with E-state index in [9.17, 15) is 0 Å². The number of benzene rings is 1. The summed E-state index contributed by atoms with van der Waals surface area (Å²) in [7, 11) is 0. The Balaban J connectivity index is 1.55. The van der Waals surface area contributed by atoms with Crippen LogP contribution in [0.25, 0.3) is 21.3 Å². The minimum atomic E-state index is 0.202. The van der Waals surface area contributed by atoms with Crippen LogP contribution in [0, 0.1) is 0 Å². The highest BCUT2D eigenvalue weighted by atomic mass is 32.1. The van der Waals surface area contributed by atoms with Crippen LogP contribution in [-0.4, -0.2) is 21.1 Å². The van der Waals surface area contributed by atoms with E-state index in [0.29, 0.717) is 6.61 Å². The molecule has 1 N–H and O–H groups in total. The van der Waals surface area contributed by atoms with Crippen molar-refractivity contribution in [3.05, 3.63) is 66.6 Å². The Hall–Kier alpha value is -2.83. The number of pyridine rings is 2. The van der Waals surface area contributed by atoms with E-state index in [1.54, 1.807) is 29.9 Å². The smallest absolute Gasteiger partial charge is 0.189 e. The van der Waals surface area contributed by atoms with Crippen LogP contribution in [0.3, 0.4) is 0 Å². The van der Waals surface area contributed by atoms with E-state index in [2.05, 4.69) is 32.4 Å². The molecule has 0 aliphatic rings. The van der Waals surface area contributed by atoms with Crippen molar-refractivity contribution in [1.82, 2.24) is 15.0 Å². The lowest BCUT2D eigenvalue weighted by atomic mass is 10.1. The van der Waals surface area contributed by atoms with Gasteiger partial charge in [0, 0.05) is 18.6 Å². The van der Waals surface area contributed by atoms with Crippen LogP contribution < -0.4 is 5.32 Å². The van der Waals surface area contributed by atoms with E-state index in [1.165, 1.54) is 0 Å². The number of nitrogens with one attached hydrogen (secondary N) is 1. The monoisotopic (exact) mass is 376 g/mol. The number of ether oxygens (including phenoxy) is 1. The van der Waals surface area contributed by atoms with Crippen molar-refractivity contribution in [3.8, 4) is 11.1 Å². The van der Waals surface area contributed by atoms with Crippen LogP contribution in [0.15, 0.2) is 61.1 Å². The number of hydrogen-bond donors (Lipinski definition) is 1. The zero-order chi connectivity index (χ0) is 18.6. The van der Waals surface area contributed by atoms with Crippen molar-refractivity contribution in [1.29, 1.82) is 0 Å². The molecule has 0 aliphatic heterocycles. The maximum Gasteiger partial charge on any atom is 0.189 e. The lowest BCUT2D eigenvalue weighted by Crippen LogP contribution is -2.03. The van der Waals surface area contributed by atoms with Crippen LogP contribution in [0.5, 0.6) is 0 Å². The zero-order valence-electron chi connectivity index (χ0n) is 15.2. The van der Waals surface area contributed by atoms with Gasteiger partial charge in [0.25, 0.3) is 0 Å². The minimum Gasteiger partial charge on any atom is -0.374 e. The Morgan fingerprint density at radius 2 is 1.85 bits per heavy atom. The van der Waals surface area contributed by atoms with Crippen LogP contribution >= 0.6 is 11.3 Å². The zero-order valence-corrected chi connectivity index (χ0v) is 16.0. The van der Waals surface area contributed by atoms with Gasteiger partial charge in [0.1, 0.15) is 5.82 Å². The molecular weight excluding hydrogens is 356 g/mol. The Morgan fingerprint density at radius 1 is 1.00 bits per heavy atom. The second kappa shape index (κ2) is 7.82. The maximum atomic E-state index is 5.66. The largest absolute Gasteiger partial charge is 0.374 e. The maximum absolute atomic E-state index is 5.66. The highest BCUT2D eigenvalue weighted by Crippen LogP contribution is 2.31. The van der Waals surface area contributed by atoms with Crippen LogP contribution in [0.2, 0.25) is 0 Å². The molecule has 0 radical (unpaired) electrons. The first-order valence-electron chi connectivity index (χ1n) is 8.82. The first-order valence-corrected chi connectivity index (χ1v) is 9.63. The predicted molar refractivity (Wildman–Crippen MR) is 110 cm³/mol. The number of thiazole rings is 1. The Kier molecular flexibility index (Phi) is 5.09. The summed E-state index contributed by atoms with van der Waals surface area (Å²) in [4.78, 5) is 13.1. The molecule has 3 aromatic heterocycles. The van der Waals surface area contributed by atoms with Gasteiger partial charge >= 0.3 is 0 Å². The molecule has 5 nitrogen and oxygen atoms in total. The summed E-state index contributed by atoms with van der Waals surface area (Å²) >= 11 is 1.62. The molecule has 0 fully saturated rings. The summed E-state index contributed by atoms with van der Waals surface area (Å²) in [5.41, 5.74) is 4.36. The average molecular weight is 376 g/mol. The second-order valence-corrected chi connectivity index (χ2v) is 7.50. The lowest BCUT2D eigenvalue weighted by molar-refractivity contribution is 0.0657. The summed E-state index contributed by atoms with van der Waals surface area (Å²) in [5.74, 6) is 0.772. The van der Waals surface area contributed by atoms with Gasteiger partial charge in [0.15, 0.2) is 5.13 Å². The molecule has 0 saturated carbocycles. The van der Waals surface area contributed by atoms with Crippen molar-refractivity contribution < 1.29 is 4.74 Å². The average Bonchev–Trinajstić information content (AvgIpc) is 3.08. The molecule has 0 atom stereocenters. The summed E-state index contributed by atoms with van der Waals surface area (Å²) in [5, 5.41) is 4.14. The third kappa shape index (κ3) is 4.30. The third-order valence-electron chi connectivity index (χ3n) is 4.04. The normalized spacial score (nSPS) is 11.2. The van der Waals surface area contributed by atoms with Crippen molar-refractivity contribution >= 4 is 32.5 Å². The Morgan fingerprint density at radius 3 is 2.67 bits per heavy atom. The SMILES string of the molecule is CC(C)OCc1ccnc(Nc2nc3ccc(-c4ccncc4)cc3s2)c1. The molecule has 0 spiro atoms. The van der Waals surface area contributed by atoms with Crippen LogP contribution in [-0.2, 0) is 11.3 Å². The molecular formula is C21H20N4OS. The predicted octanol–water partition coefficient (Wildman–Crippen LogP) is 5.42. The Labute approximate surface area is 162 Å². The van der Waals surface area contributed by atoms with E-state index in [4.69, 9.17) is 4.74 Å². The molecule has 0 amide bonds. The first-order chi connectivity index (χ1) is 13.2. The molecule has 27 heavy (non-hydrogen) atoms. The molecule has 3 heterocycles. The van der Waals surface area contributed by atoms with Crippen molar-refractivity contribution in [3.63, 3.8) is 0 Å². The molecule has 4 rings (SSSR count). The quantitative estimate of drug-likeness (QED) is 0.487. The van der Waals surface area contributed by atoms with Gasteiger partial charge < -0.3 is 10.1 Å². The molecule has 0 unspecified atom stereocenters. The summed E-state index contributed by atoms with van der Waals surface area (Å²) in [6.07, 6.45) is 5.60. The van der Waals surface area contributed by atoms with E-state index < -0.39 is 0 Å². The van der Waals surface area contributed by atoms with E-state index in [1.807, 2.05) is 44.2 Å². The van der Waals surface area contributed by atoms with Gasteiger partial charge in [-0.15, -0.1) is 0 Å². The number of fused-ring (bicyclic) bond motifs is 1. The van der Waals surface area contributed by atoms with Gasteiger partial charge in [-0.2, -0.15) is 0 Å². The van der Waals surface area contributed by atoms with Crippen molar-refractivity contribution in [2.24, 2.45) is 0 Å². The van der Waals surface area contributed by atoms with E-state index in [-0.39, 0.29) is 6.10 Å². The number of hydrogen-bond acceptors (Lipinski definition) is 6. The topological polar surface area (TPSA) is 59.9 Å². The lowest BCUT2D eigenvalue weighted by Gasteiger charge is -2.08. The third-order valence-corrected chi connectivity index (χ3v) is 4.98. The fourth-order valence-electron chi connectivity index (χ4n) is 2.71. The van der Waals surface area contributed by atoms with Crippen LogP contribution in [0.1, 0.15) is 19.4 Å². The van der Waals surface area contributed by atoms with E-state index in [0.717, 1.165) is 37.9 Å². The van der Waals surface area contributed by atoms with Crippen LogP contribution in [0.4, 0.5) is 10.9 Å². The fraction of sp³-hybridized carbons (Fsp3) is 0.190. The fourth-order valence-corrected chi connectivity index (χ4v) is 3.62. The van der Waals surface area contributed by atoms with Crippen molar-refractivity contribution in [2.75, 3.05) is 5.32 Å². The molecule has 0 aliphatic carbocycles. The van der Waals surface area contributed by atoms with Gasteiger partial charge in [-0.1, -0.05) is 17.4 Å². The van der Waals surface area contributed by atoms with E-state index >= 15 is 0 Å². The molecule has 6 heteroatoms. The highest BCUT2D eigenvalue weighted by molar-refractivity contribution is 7.22.